The van der Waals surface area contributed by atoms with Gasteiger partial charge in [0.15, 0.2) is 11.5 Å². The topological polar surface area (TPSA) is 79.2 Å². The van der Waals surface area contributed by atoms with E-state index in [-0.39, 0.29) is 24.0 Å². The van der Waals surface area contributed by atoms with Gasteiger partial charge in [0.1, 0.15) is 17.6 Å². The third kappa shape index (κ3) is 2.62. The van der Waals surface area contributed by atoms with Crippen molar-refractivity contribution < 1.29 is 28.9 Å². The Balaban J connectivity index is 1.61. The van der Waals surface area contributed by atoms with Gasteiger partial charge >= 0.3 is 0 Å². The number of ether oxygens (including phenoxy) is 2. The largest absolute Gasteiger partial charge is 0.509 e. The Morgan fingerprint density at radius 1 is 1.07 bits per heavy atom. The van der Waals surface area contributed by atoms with Gasteiger partial charge in [0, 0.05) is 11.8 Å². The lowest BCUT2D eigenvalue weighted by molar-refractivity contribution is -0.115. The second-order valence-electron chi connectivity index (χ2n) is 7.25. The minimum atomic E-state index is -1.02. The Labute approximate surface area is 160 Å². The van der Waals surface area contributed by atoms with Crippen molar-refractivity contribution in [2.75, 3.05) is 11.7 Å². The molecule has 1 aliphatic carbocycles. The fraction of sp³-hybridized carbons (Fsp3) is 0.286. The lowest BCUT2D eigenvalue weighted by Gasteiger charge is -2.26. The third-order valence-electron chi connectivity index (χ3n) is 5.43. The average molecular weight is 383 g/mol. The molecule has 0 saturated heterocycles. The molecule has 2 heterocycles. The van der Waals surface area contributed by atoms with E-state index in [4.69, 9.17) is 9.47 Å². The summed E-state index contributed by atoms with van der Waals surface area (Å²) in [7, 11) is 0. The SMILES string of the molecule is O=C1C(C(O)C2CC2)=C(O)C(c2ccc(F)cc2)N1c1ccc2c(c1)OCO2. The van der Waals surface area contributed by atoms with Crippen LogP contribution in [0.1, 0.15) is 24.4 Å². The van der Waals surface area contributed by atoms with Crippen molar-refractivity contribution in [3.63, 3.8) is 0 Å². The number of amides is 1. The van der Waals surface area contributed by atoms with Crippen molar-refractivity contribution in [2.45, 2.75) is 25.0 Å². The van der Waals surface area contributed by atoms with E-state index in [2.05, 4.69) is 0 Å². The van der Waals surface area contributed by atoms with Crippen molar-refractivity contribution in [2.24, 2.45) is 5.92 Å². The van der Waals surface area contributed by atoms with Gasteiger partial charge in [-0.15, -0.1) is 0 Å². The molecular formula is C21H18FNO5. The standard InChI is InChI=1S/C21H18FNO5/c22-13-5-3-11(4-6-13)18-20(25)17(19(24)12-1-2-12)21(26)23(18)14-7-8-15-16(9-14)28-10-27-15/h3-9,12,18-19,24-25H,1-2,10H2. The van der Waals surface area contributed by atoms with Crippen LogP contribution in [0.5, 0.6) is 11.5 Å². The zero-order valence-electron chi connectivity index (χ0n) is 14.8. The molecule has 28 heavy (non-hydrogen) atoms. The molecule has 144 valence electrons. The van der Waals surface area contributed by atoms with E-state index in [0.29, 0.717) is 22.7 Å². The van der Waals surface area contributed by atoms with Crippen LogP contribution in [0.3, 0.4) is 0 Å². The first-order valence-electron chi connectivity index (χ1n) is 9.14. The first kappa shape index (κ1) is 17.1. The summed E-state index contributed by atoms with van der Waals surface area (Å²) in [6, 6.07) is 9.81. The van der Waals surface area contributed by atoms with Crippen LogP contribution in [0.25, 0.3) is 0 Å². The number of hydrogen-bond donors (Lipinski definition) is 2. The van der Waals surface area contributed by atoms with Gasteiger partial charge in [0.2, 0.25) is 6.79 Å². The number of anilines is 1. The highest BCUT2D eigenvalue weighted by Gasteiger charge is 2.47. The van der Waals surface area contributed by atoms with Crippen molar-refractivity contribution >= 4 is 11.6 Å². The highest BCUT2D eigenvalue weighted by atomic mass is 19.1. The maximum atomic E-state index is 13.4. The molecule has 1 fully saturated rings. The van der Waals surface area contributed by atoms with Crippen LogP contribution in [-0.4, -0.2) is 29.0 Å². The molecule has 6 nitrogen and oxygen atoms in total. The minimum Gasteiger partial charge on any atom is -0.509 e. The zero-order valence-corrected chi connectivity index (χ0v) is 14.8. The molecule has 2 atom stereocenters. The van der Waals surface area contributed by atoms with E-state index in [9.17, 15) is 19.4 Å². The van der Waals surface area contributed by atoms with Crippen LogP contribution in [0.2, 0.25) is 0 Å². The number of benzene rings is 2. The van der Waals surface area contributed by atoms with Gasteiger partial charge in [-0.3, -0.25) is 9.69 Å². The molecule has 0 bridgehead atoms. The molecule has 1 saturated carbocycles. The summed E-state index contributed by atoms with van der Waals surface area (Å²) >= 11 is 0. The lowest BCUT2D eigenvalue weighted by atomic mass is 10.0. The van der Waals surface area contributed by atoms with Crippen LogP contribution in [0.15, 0.2) is 53.8 Å². The highest BCUT2D eigenvalue weighted by molar-refractivity contribution is 6.10. The van der Waals surface area contributed by atoms with Crippen LogP contribution in [0, 0.1) is 11.7 Å². The van der Waals surface area contributed by atoms with Gasteiger partial charge in [-0.1, -0.05) is 12.1 Å². The fourth-order valence-electron chi connectivity index (χ4n) is 3.81. The predicted molar refractivity (Wildman–Crippen MR) is 97.6 cm³/mol. The number of aliphatic hydroxyl groups excluding tert-OH is 2. The van der Waals surface area contributed by atoms with E-state index in [0.717, 1.165) is 12.8 Å². The van der Waals surface area contributed by atoms with Crippen molar-refractivity contribution in [3.8, 4) is 11.5 Å². The quantitative estimate of drug-likeness (QED) is 0.848. The first-order valence-corrected chi connectivity index (χ1v) is 9.14. The van der Waals surface area contributed by atoms with Crippen molar-refractivity contribution in [1.82, 2.24) is 0 Å². The number of hydrogen-bond acceptors (Lipinski definition) is 5. The second-order valence-corrected chi connectivity index (χ2v) is 7.25. The van der Waals surface area contributed by atoms with E-state index >= 15 is 0 Å². The van der Waals surface area contributed by atoms with Gasteiger partial charge in [0.05, 0.1) is 11.7 Å². The third-order valence-corrected chi connectivity index (χ3v) is 5.43. The highest BCUT2D eigenvalue weighted by Crippen LogP contribution is 2.47. The van der Waals surface area contributed by atoms with Crippen molar-refractivity contribution in [3.05, 3.63) is 65.2 Å². The molecule has 2 N–H and O–H groups in total. The van der Waals surface area contributed by atoms with Crippen LogP contribution < -0.4 is 14.4 Å². The Hall–Kier alpha value is -3.06. The smallest absolute Gasteiger partial charge is 0.261 e. The van der Waals surface area contributed by atoms with Crippen LogP contribution in [-0.2, 0) is 4.79 Å². The van der Waals surface area contributed by atoms with Gasteiger partial charge in [0.25, 0.3) is 5.91 Å². The summed E-state index contributed by atoms with van der Waals surface area (Å²) in [4.78, 5) is 14.7. The number of carbonyl (C=O) groups excluding carboxylic acids is 1. The molecule has 0 spiro atoms. The van der Waals surface area contributed by atoms with E-state index in [1.807, 2.05) is 0 Å². The minimum absolute atomic E-state index is 0.00879. The molecule has 2 aromatic carbocycles. The van der Waals surface area contributed by atoms with E-state index in [1.54, 1.807) is 18.2 Å². The molecule has 2 unspecified atom stereocenters. The van der Waals surface area contributed by atoms with Gasteiger partial charge in [-0.25, -0.2) is 4.39 Å². The number of halogens is 1. The number of fused-ring (bicyclic) bond motifs is 1. The van der Waals surface area contributed by atoms with Gasteiger partial charge in [-0.05, 0) is 48.6 Å². The molecule has 0 aromatic heterocycles. The van der Waals surface area contributed by atoms with E-state index in [1.165, 1.54) is 29.2 Å². The van der Waals surface area contributed by atoms with Gasteiger partial charge < -0.3 is 19.7 Å². The second kappa shape index (κ2) is 6.24. The summed E-state index contributed by atoms with van der Waals surface area (Å²) in [6.45, 7) is 0.100. The maximum Gasteiger partial charge on any atom is 0.261 e. The van der Waals surface area contributed by atoms with E-state index < -0.39 is 23.9 Å². The predicted octanol–water partition coefficient (Wildman–Crippen LogP) is 3.23. The monoisotopic (exact) mass is 383 g/mol. The Kier molecular flexibility index (Phi) is 3.80. The number of rotatable bonds is 4. The lowest BCUT2D eigenvalue weighted by Crippen LogP contribution is -2.32. The van der Waals surface area contributed by atoms with Gasteiger partial charge in [-0.2, -0.15) is 0 Å². The molecule has 5 rings (SSSR count). The number of carbonyl (C=O) groups is 1. The molecule has 2 aromatic rings. The summed E-state index contributed by atoms with van der Waals surface area (Å²) in [5, 5.41) is 21.5. The molecule has 3 aliphatic rings. The first-order chi connectivity index (χ1) is 13.5. The normalized spacial score (nSPS) is 22.1. The molecule has 2 aliphatic heterocycles. The molecular weight excluding hydrogens is 365 g/mol. The Bertz CT molecular complexity index is 983. The molecule has 1 amide bonds. The average Bonchev–Trinajstić information content (AvgIpc) is 3.38. The van der Waals surface area contributed by atoms with Crippen LogP contribution >= 0.6 is 0 Å². The fourth-order valence-corrected chi connectivity index (χ4v) is 3.81. The Morgan fingerprint density at radius 2 is 1.79 bits per heavy atom. The number of aliphatic hydroxyl groups is 2. The summed E-state index contributed by atoms with van der Waals surface area (Å²) in [5.74, 6) is -0.0298. The number of nitrogens with zero attached hydrogens (tertiary/aromatic N) is 1. The molecule has 0 radical (unpaired) electrons. The zero-order chi connectivity index (χ0) is 19.4. The molecule has 7 heteroatoms. The summed E-state index contributed by atoms with van der Waals surface area (Å²) < 4.78 is 24.1. The summed E-state index contributed by atoms with van der Waals surface area (Å²) in [5.41, 5.74) is 1.05. The maximum absolute atomic E-state index is 13.4. The van der Waals surface area contributed by atoms with Crippen molar-refractivity contribution in [1.29, 1.82) is 0 Å². The summed E-state index contributed by atoms with van der Waals surface area (Å²) in [6.07, 6.45) is 0.613. The Morgan fingerprint density at radius 3 is 2.50 bits per heavy atom. The van der Waals surface area contributed by atoms with Crippen LogP contribution in [0.4, 0.5) is 10.1 Å².